The molecule has 0 aliphatic rings. The van der Waals surface area contributed by atoms with Gasteiger partial charge in [-0.2, -0.15) is 0 Å². The fraction of sp³-hybridized carbons (Fsp3) is 0.538. The van der Waals surface area contributed by atoms with Crippen LogP contribution in [0.2, 0.25) is 0 Å². The Balaban J connectivity index is 2.54. The number of benzene rings is 1. The van der Waals surface area contributed by atoms with Crippen LogP contribution in [0.4, 0.5) is 4.39 Å². The van der Waals surface area contributed by atoms with Crippen LogP contribution < -0.4 is 5.32 Å². The summed E-state index contributed by atoms with van der Waals surface area (Å²) in [7, 11) is 0. The van der Waals surface area contributed by atoms with E-state index >= 15 is 0 Å². The normalized spacial score (nSPS) is 13.9. The first-order valence-electron chi connectivity index (χ1n) is 5.39. The highest BCUT2D eigenvalue weighted by atomic mass is 19.1. The lowest BCUT2D eigenvalue weighted by molar-refractivity contribution is 0.412. The van der Waals surface area contributed by atoms with Crippen LogP contribution in [0.1, 0.15) is 39.2 Å². The highest BCUT2D eigenvalue weighted by molar-refractivity contribution is 5.20. The lowest BCUT2D eigenvalue weighted by atomic mass is 9.99. The molecule has 1 nitrogen and oxygen atoms in total. The zero-order valence-electron chi connectivity index (χ0n) is 9.97. The quantitative estimate of drug-likeness (QED) is 0.805. The van der Waals surface area contributed by atoms with Gasteiger partial charge in [0.25, 0.3) is 0 Å². The Hall–Kier alpha value is -0.890. The maximum atomic E-state index is 12.7. The molecule has 0 saturated carbocycles. The Morgan fingerprint density at radius 2 is 1.73 bits per heavy atom. The predicted molar refractivity (Wildman–Crippen MR) is 62.6 cm³/mol. The highest BCUT2D eigenvalue weighted by Crippen LogP contribution is 2.15. The van der Waals surface area contributed by atoms with Crippen LogP contribution >= 0.6 is 0 Å². The Labute approximate surface area is 91.7 Å². The summed E-state index contributed by atoms with van der Waals surface area (Å²) >= 11 is 0. The highest BCUT2D eigenvalue weighted by Gasteiger charge is 2.12. The molecule has 2 heteroatoms. The van der Waals surface area contributed by atoms with E-state index in [9.17, 15) is 4.39 Å². The molecule has 1 N–H and O–H groups in total. The third kappa shape index (κ3) is 4.43. The second kappa shape index (κ2) is 4.75. The standard InChI is InChI=1S/C13H20FN/c1-10(9-15-13(2,3)4)11-5-7-12(14)8-6-11/h5-8,10,15H,9H2,1-4H3. The number of nitrogens with one attached hydrogen (secondary N) is 1. The van der Waals surface area contributed by atoms with Crippen molar-refractivity contribution in [3.05, 3.63) is 35.6 Å². The molecule has 15 heavy (non-hydrogen) atoms. The molecule has 1 aromatic rings. The van der Waals surface area contributed by atoms with Gasteiger partial charge in [-0.1, -0.05) is 19.1 Å². The number of hydrogen-bond acceptors (Lipinski definition) is 1. The van der Waals surface area contributed by atoms with Gasteiger partial charge in [-0.25, -0.2) is 4.39 Å². The van der Waals surface area contributed by atoms with E-state index in [1.54, 1.807) is 0 Å². The van der Waals surface area contributed by atoms with Crippen LogP contribution in [0.3, 0.4) is 0 Å². The van der Waals surface area contributed by atoms with Crippen molar-refractivity contribution in [2.75, 3.05) is 6.54 Å². The van der Waals surface area contributed by atoms with Crippen molar-refractivity contribution in [1.29, 1.82) is 0 Å². The zero-order chi connectivity index (χ0) is 11.5. The molecule has 1 unspecified atom stereocenters. The second-order valence-electron chi connectivity index (χ2n) is 5.08. The van der Waals surface area contributed by atoms with E-state index in [0.717, 1.165) is 6.54 Å². The Bertz CT molecular complexity index is 297. The average molecular weight is 209 g/mol. The van der Waals surface area contributed by atoms with Crippen molar-refractivity contribution in [3.63, 3.8) is 0 Å². The van der Waals surface area contributed by atoms with Gasteiger partial charge in [0.15, 0.2) is 0 Å². The maximum absolute atomic E-state index is 12.7. The zero-order valence-corrected chi connectivity index (χ0v) is 9.97. The van der Waals surface area contributed by atoms with Gasteiger partial charge in [-0.05, 0) is 44.4 Å². The first kappa shape index (κ1) is 12.2. The van der Waals surface area contributed by atoms with Crippen LogP contribution in [0.25, 0.3) is 0 Å². The van der Waals surface area contributed by atoms with E-state index < -0.39 is 0 Å². The van der Waals surface area contributed by atoms with Crippen molar-refractivity contribution in [2.45, 2.75) is 39.2 Å². The second-order valence-corrected chi connectivity index (χ2v) is 5.08. The molecule has 84 valence electrons. The summed E-state index contributed by atoms with van der Waals surface area (Å²) in [5.74, 6) is 0.236. The number of rotatable bonds is 3. The van der Waals surface area contributed by atoms with Crippen LogP contribution in [0.5, 0.6) is 0 Å². The van der Waals surface area contributed by atoms with Gasteiger partial charge in [-0.3, -0.25) is 0 Å². The van der Waals surface area contributed by atoms with E-state index in [1.807, 2.05) is 12.1 Å². The third-order valence-electron chi connectivity index (χ3n) is 2.38. The monoisotopic (exact) mass is 209 g/mol. The van der Waals surface area contributed by atoms with E-state index in [0.29, 0.717) is 5.92 Å². The van der Waals surface area contributed by atoms with Crippen molar-refractivity contribution in [3.8, 4) is 0 Å². The topological polar surface area (TPSA) is 12.0 Å². The summed E-state index contributed by atoms with van der Waals surface area (Å²) in [5.41, 5.74) is 1.31. The predicted octanol–water partition coefficient (Wildman–Crippen LogP) is 3.32. The molecule has 1 atom stereocenters. The molecule has 0 amide bonds. The van der Waals surface area contributed by atoms with Gasteiger partial charge in [-0.15, -0.1) is 0 Å². The summed E-state index contributed by atoms with van der Waals surface area (Å²) in [6, 6.07) is 6.74. The molecular weight excluding hydrogens is 189 g/mol. The van der Waals surface area contributed by atoms with Crippen LogP contribution in [0.15, 0.2) is 24.3 Å². The molecule has 1 rings (SSSR count). The van der Waals surface area contributed by atoms with Crippen LogP contribution in [-0.2, 0) is 0 Å². The maximum Gasteiger partial charge on any atom is 0.123 e. The van der Waals surface area contributed by atoms with Gasteiger partial charge in [0, 0.05) is 12.1 Å². The van der Waals surface area contributed by atoms with Crippen LogP contribution in [-0.4, -0.2) is 12.1 Å². The molecule has 0 saturated heterocycles. The largest absolute Gasteiger partial charge is 0.311 e. The lowest BCUT2D eigenvalue weighted by Crippen LogP contribution is -2.38. The molecule has 0 aliphatic heterocycles. The van der Waals surface area contributed by atoms with Crippen molar-refractivity contribution >= 4 is 0 Å². The Kier molecular flexibility index (Phi) is 3.86. The van der Waals surface area contributed by atoms with E-state index in [2.05, 4.69) is 33.0 Å². The minimum atomic E-state index is -0.172. The fourth-order valence-electron chi connectivity index (χ4n) is 1.37. The van der Waals surface area contributed by atoms with Crippen molar-refractivity contribution in [1.82, 2.24) is 5.32 Å². The molecular formula is C13H20FN. The molecule has 0 aliphatic carbocycles. The van der Waals surface area contributed by atoms with Gasteiger partial charge in [0.2, 0.25) is 0 Å². The smallest absolute Gasteiger partial charge is 0.123 e. The molecule has 1 aromatic carbocycles. The summed E-state index contributed by atoms with van der Waals surface area (Å²) in [6.45, 7) is 9.49. The summed E-state index contributed by atoms with van der Waals surface area (Å²) < 4.78 is 12.7. The van der Waals surface area contributed by atoms with Crippen molar-refractivity contribution in [2.24, 2.45) is 0 Å². The van der Waals surface area contributed by atoms with Crippen molar-refractivity contribution < 1.29 is 4.39 Å². The van der Waals surface area contributed by atoms with Gasteiger partial charge >= 0.3 is 0 Å². The average Bonchev–Trinajstić information content (AvgIpc) is 2.14. The van der Waals surface area contributed by atoms with Gasteiger partial charge in [0.1, 0.15) is 5.82 Å². The van der Waals surface area contributed by atoms with Gasteiger partial charge < -0.3 is 5.32 Å². The molecule has 0 radical (unpaired) electrons. The minimum Gasteiger partial charge on any atom is -0.311 e. The van der Waals surface area contributed by atoms with Gasteiger partial charge in [0.05, 0.1) is 0 Å². The molecule has 0 bridgehead atoms. The Morgan fingerprint density at radius 1 is 1.20 bits per heavy atom. The summed E-state index contributed by atoms with van der Waals surface area (Å²) in [6.07, 6.45) is 0. The minimum absolute atomic E-state index is 0.133. The van der Waals surface area contributed by atoms with E-state index in [1.165, 1.54) is 17.7 Å². The molecule has 0 spiro atoms. The molecule has 0 heterocycles. The Morgan fingerprint density at radius 3 is 2.20 bits per heavy atom. The fourth-order valence-corrected chi connectivity index (χ4v) is 1.37. The first-order chi connectivity index (χ1) is 6.88. The number of hydrogen-bond donors (Lipinski definition) is 1. The lowest BCUT2D eigenvalue weighted by Gasteiger charge is -2.23. The van der Waals surface area contributed by atoms with Crippen LogP contribution in [0, 0.1) is 5.82 Å². The third-order valence-corrected chi connectivity index (χ3v) is 2.38. The molecule has 0 fully saturated rings. The SMILES string of the molecule is CC(CNC(C)(C)C)c1ccc(F)cc1. The van der Waals surface area contributed by atoms with E-state index in [4.69, 9.17) is 0 Å². The summed E-state index contributed by atoms with van der Waals surface area (Å²) in [5, 5.41) is 3.44. The van der Waals surface area contributed by atoms with E-state index in [-0.39, 0.29) is 11.4 Å². The first-order valence-corrected chi connectivity index (χ1v) is 5.39. The molecule has 0 aromatic heterocycles. The number of halogens is 1. The summed E-state index contributed by atoms with van der Waals surface area (Å²) in [4.78, 5) is 0.